The Balaban J connectivity index is 2.04. The van der Waals surface area contributed by atoms with Gasteiger partial charge in [-0.2, -0.15) is 0 Å². The quantitative estimate of drug-likeness (QED) is 0.819. The first kappa shape index (κ1) is 13.4. The van der Waals surface area contributed by atoms with Crippen LogP contribution in [0.25, 0.3) is 0 Å². The molecule has 0 bridgehead atoms. The van der Waals surface area contributed by atoms with Crippen molar-refractivity contribution in [2.45, 2.75) is 70.5 Å². The Labute approximate surface area is 106 Å². The van der Waals surface area contributed by atoms with E-state index in [9.17, 15) is 5.11 Å². The van der Waals surface area contributed by atoms with E-state index in [1.807, 2.05) is 0 Å². The van der Waals surface area contributed by atoms with Crippen LogP contribution in [-0.2, 0) is 4.74 Å². The van der Waals surface area contributed by atoms with Crippen LogP contribution in [0.1, 0.15) is 58.8 Å². The van der Waals surface area contributed by atoms with Crippen LogP contribution in [0.3, 0.4) is 0 Å². The molecule has 0 radical (unpaired) electrons. The van der Waals surface area contributed by atoms with Gasteiger partial charge >= 0.3 is 0 Å². The molecule has 0 heterocycles. The van der Waals surface area contributed by atoms with Gasteiger partial charge in [-0.25, -0.2) is 0 Å². The summed E-state index contributed by atoms with van der Waals surface area (Å²) in [6, 6.07) is 0. The lowest BCUT2D eigenvalue weighted by Gasteiger charge is -2.42. The zero-order valence-electron chi connectivity index (χ0n) is 11.6. The minimum Gasteiger partial charge on any atom is -0.390 e. The van der Waals surface area contributed by atoms with Crippen LogP contribution in [0.4, 0.5) is 0 Å². The summed E-state index contributed by atoms with van der Waals surface area (Å²) in [4.78, 5) is 0. The Bertz CT molecular complexity index is 235. The molecular weight excluding hydrogens is 212 g/mol. The highest BCUT2D eigenvalue weighted by Gasteiger charge is 2.45. The average molecular weight is 240 g/mol. The van der Waals surface area contributed by atoms with Crippen LogP contribution in [-0.4, -0.2) is 23.9 Å². The maximum absolute atomic E-state index is 10.7. The van der Waals surface area contributed by atoms with Crippen molar-refractivity contribution >= 4 is 0 Å². The molecule has 2 heteroatoms. The van der Waals surface area contributed by atoms with Crippen molar-refractivity contribution in [1.29, 1.82) is 0 Å². The zero-order valence-corrected chi connectivity index (χ0v) is 11.6. The van der Waals surface area contributed by atoms with Gasteiger partial charge in [0.15, 0.2) is 0 Å². The molecule has 2 aliphatic rings. The predicted octanol–water partition coefficient (Wildman–Crippen LogP) is 3.38. The summed E-state index contributed by atoms with van der Waals surface area (Å²) in [5.74, 6) is 1.97. The summed E-state index contributed by atoms with van der Waals surface area (Å²) >= 11 is 0. The van der Waals surface area contributed by atoms with Crippen molar-refractivity contribution in [3.8, 4) is 0 Å². The van der Waals surface area contributed by atoms with Crippen LogP contribution in [0.15, 0.2) is 0 Å². The number of hydrogen-bond acceptors (Lipinski definition) is 2. The van der Waals surface area contributed by atoms with Gasteiger partial charge in [-0.1, -0.05) is 26.7 Å². The summed E-state index contributed by atoms with van der Waals surface area (Å²) in [7, 11) is 1.78. The molecule has 0 saturated heterocycles. The Morgan fingerprint density at radius 1 is 1.06 bits per heavy atom. The topological polar surface area (TPSA) is 29.5 Å². The van der Waals surface area contributed by atoms with E-state index in [2.05, 4.69) is 13.8 Å². The minimum atomic E-state index is -0.250. The highest BCUT2D eigenvalue weighted by atomic mass is 16.5. The van der Waals surface area contributed by atoms with E-state index in [1.54, 1.807) is 7.11 Å². The normalized spacial score (nSPS) is 39.2. The highest BCUT2D eigenvalue weighted by Crippen LogP contribution is 2.43. The second-order valence-corrected chi connectivity index (χ2v) is 6.60. The molecule has 2 rings (SSSR count). The van der Waals surface area contributed by atoms with Crippen LogP contribution < -0.4 is 0 Å². The Morgan fingerprint density at radius 2 is 1.59 bits per heavy atom. The summed E-state index contributed by atoms with van der Waals surface area (Å²) in [6.45, 7) is 4.65. The number of aliphatic hydroxyl groups is 1. The van der Waals surface area contributed by atoms with E-state index in [1.165, 1.54) is 32.1 Å². The molecule has 17 heavy (non-hydrogen) atoms. The van der Waals surface area contributed by atoms with Gasteiger partial charge in [0.2, 0.25) is 0 Å². The van der Waals surface area contributed by atoms with Gasteiger partial charge in [-0.3, -0.25) is 0 Å². The number of rotatable bonds is 3. The van der Waals surface area contributed by atoms with Gasteiger partial charge in [0.25, 0.3) is 0 Å². The van der Waals surface area contributed by atoms with Crippen molar-refractivity contribution in [3.05, 3.63) is 0 Å². The van der Waals surface area contributed by atoms with E-state index >= 15 is 0 Å². The summed E-state index contributed by atoms with van der Waals surface area (Å²) in [5, 5.41) is 10.7. The van der Waals surface area contributed by atoms with E-state index in [0.29, 0.717) is 5.92 Å². The fourth-order valence-corrected chi connectivity index (χ4v) is 4.29. The molecule has 0 aromatic heterocycles. The van der Waals surface area contributed by atoms with E-state index in [0.717, 1.165) is 24.7 Å². The monoisotopic (exact) mass is 240 g/mol. The molecule has 3 atom stereocenters. The molecule has 1 N–H and O–H groups in total. The van der Waals surface area contributed by atoms with Crippen molar-refractivity contribution in [3.63, 3.8) is 0 Å². The van der Waals surface area contributed by atoms with E-state index < -0.39 is 0 Å². The van der Waals surface area contributed by atoms with Gasteiger partial charge in [-0.05, 0) is 49.9 Å². The largest absolute Gasteiger partial charge is 0.390 e. The molecule has 0 spiro atoms. The maximum atomic E-state index is 10.7. The molecule has 0 aromatic carbocycles. The fraction of sp³-hybridized carbons (Fsp3) is 1.00. The highest BCUT2D eigenvalue weighted by molar-refractivity contribution is 4.97. The summed E-state index contributed by atoms with van der Waals surface area (Å²) in [6.07, 6.45) is 7.94. The molecule has 2 fully saturated rings. The van der Waals surface area contributed by atoms with Crippen molar-refractivity contribution in [1.82, 2.24) is 0 Å². The smallest absolute Gasteiger partial charge is 0.0939 e. The molecule has 100 valence electrons. The molecule has 0 aliphatic heterocycles. The van der Waals surface area contributed by atoms with Crippen molar-refractivity contribution in [2.75, 3.05) is 7.11 Å². The number of aliphatic hydroxyl groups excluding tert-OH is 1. The van der Waals surface area contributed by atoms with Crippen LogP contribution in [0, 0.1) is 17.8 Å². The van der Waals surface area contributed by atoms with Gasteiger partial charge in [0.1, 0.15) is 0 Å². The SMILES string of the molecule is COC1(C(O)C2CC(C)CC(C)C2)CCCC1. The minimum absolute atomic E-state index is 0.221. The first-order chi connectivity index (χ1) is 8.07. The molecule has 3 unspecified atom stereocenters. The molecule has 2 nitrogen and oxygen atoms in total. The third-order valence-electron chi connectivity index (χ3n) is 5.06. The standard InChI is InChI=1S/C15H28O2/c1-11-8-12(2)10-13(9-11)14(16)15(17-3)6-4-5-7-15/h11-14,16H,4-10H2,1-3H3. The average Bonchev–Trinajstić information content (AvgIpc) is 2.76. The van der Waals surface area contributed by atoms with Gasteiger partial charge in [0.05, 0.1) is 11.7 Å². The summed E-state index contributed by atoms with van der Waals surface area (Å²) < 4.78 is 5.73. The van der Waals surface area contributed by atoms with Crippen LogP contribution in [0.5, 0.6) is 0 Å². The fourth-order valence-electron chi connectivity index (χ4n) is 4.29. The molecule has 2 aliphatic carbocycles. The van der Waals surface area contributed by atoms with Crippen LogP contribution in [0.2, 0.25) is 0 Å². The van der Waals surface area contributed by atoms with Gasteiger partial charge in [0, 0.05) is 7.11 Å². The second-order valence-electron chi connectivity index (χ2n) is 6.60. The molecule has 2 saturated carbocycles. The van der Waals surface area contributed by atoms with Crippen molar-refractivity contribution in [2.24, 2.45) is 17.8 Å². The molecule has 0 amide bonds. The number of hydrogen-bond donors (Lipinski definition) is 1. The van der Waals surface area contributed by atoms with Crippen molar-refractivity contribution < 1.29 is 9.84 Å². The first-order valence-corrected chi connectivity index (χ1v) is 7.30. The molecule has 0 aromatic rings. The third-order valence-corrected chi connectivity index (χ3v) is 5.06. The number of methoxy groups -OCH3 is 1. The second kappa shape index (κ2) is 5.27. The van der Waals surface area contributed by atoms with Gasteiger partial charge < -0.3 is 9.84 Å². The predicted molar refractivity (Wildman–Crippen MR) is 69.9 cm³/mol. The lowest BCUT2D eigenvalue weighted by Crippen LogP contribution is -2.47. The Hall–Kier alpha value is -0.0800. The van der Waals surface area contributed by atoms with E-state index in [-0.39, 0.29) is 11.7 Å². The van der Waals surface area contributed by atoms with E-state index in [4.69, 9.17) is 4.74 Å². The lowest BCUT2D eigenvalue weighted by atomic mass is 9.70. The Morgan fingerprint density at radius 3 is 2.06 bits per heavy atom. The molecular formula is C15H28O2. The summed E-state index contributed by atoms with van der Waals surface area (Å²) in [5.41, 5.74) is -0.221. The maximum Gasteiger partial charge on any atom is 0.0939 e. The lowest BCUT2D eigenvalue weighted by molar-refractivity contribution is -0.130. The van der Waals surface area contributed by atoms with Crippen LogP contribution >= 0.6 is 0 Å². The number of ether oxygens (including phenoxy) is 1. The first-order valence-electron chi connectivity index (χ1n) is 7.30. The van der Waals surface area contributed by atoms with Gasteiger partial charge in [-0.15, -0.1) is 0 Å². The Kier molecular flexibility index (Phi) is 4.14. The zero-order chi connectivity index (χ0) is 12.5. The third kappa shape index (κ3) is 2.68.